The molecule has 0 radical (unpaired) electrons. The number of benzene rings is 5. The molecule has 0 fully saturated rings. The van der Waals surface area contributed by atoms with Crippen LogP contribution in [-0.2, 0) is 28.0 Å². The molecule has 9 nitrogen and oxygen atoms in total. The van der Waals surface area contributed by atoms with Gasteiger partial charge in [-0.2, -0.15) is 0 Å². The van der Waals surface area contributed by atoms with Gasteiger partial charge in [0.25, 0.3) is 0 Å². The first-order valence-corrected chi connectivity index (χ1v) is 19.8. The van der Waals surface area contributed by atoms with Crippen molar-refractivity contribution in [3.63, 3.8) is 0 Å². The van der Waals surface area contributed by atoms with Crippen LogP contribution >= 0.6 is 11.8 Å². The molecule has 0 saturated heterocycles. The number of esters is 1. The first-order chi connectivity index (χ1) is 27.4. The topological polar surface area (TPSA) is 105 Å². The summed E-state index contributed by atoms with van der Waals surface area (Å²) in [6, 6.07) is 47.6. The first kappa shape index (κ1) is 38.2. The number of imidazole rings is 1. The zero-order valence-corrected chi connectivity index (χ0v) is 32.8. The van der Waals surface area contributed by atoms with Gasteiger partial charge in [0.15, 0.2) is 16.6 Å². The highest BCUT2D eigenvalue weighted by atomic mass is 32.2. The van der Waals surface area contributed by atoms with Crippen LogP contribution in [0.5, 0.6) is 0 Å². The van der Waals surface area contributed by atoms with Gasteiger partial charge >= 0.3 is 5.97 Å². The fourth-order valence-corrected chi connectivity index (χ4v) is 8.27. The van der Waals surface area contributed by atoms with Crippen LogP contribution in [0.2, 0.25) is 0 Å². The number of hydrogen-bond acceptors (Lipinski definition) is 8. The maximum atomic E-state index is 13.4. The summed E-state index contributed by atoms with van der Waals surface area (Å²) in [5, 5.41) is 13.5. The van der Waals surface area contributed by atoms with Crippen molar-refractivity contribution in [2.45, 2.75) is 57.9 Å². The number of rotatable bonds is 14. The molecule has 10 heteroatoms. The maximum absolute atomic E-state index is 13.4. The lowest BCUT2D eigenvalue weighted by Gasteiger charge is -2.36. The second-order valence-electron chi connectivity index (χ2n) is 13.5. The molecule has 0 amide bonds. The molecule has 7 aromatic rings. The summed E-state index contributed by atoms with van der Waals surface area (Å²) in [5.41, 5.74) is 6.98. The summed E-state index contributed by atoms with van der Waals surface area (Å²) < 4.78 is 9.44. The van der Waals surface area contributed by atoms with Crippen LogP contribution in [0.15, 0.2) is 140 Å². The number of aryl methyl sites for hydroxylation is 1. The summed E-state index contributed by atoms with van der Waals surface area (Å²) in [4.78, 5) is 30.4. The molecule has 0 aliphatic rings. The van der Waals surface area contributed by atoms with Crippen molar-refractivity contribution in [3.8, 4) is 22.5 Å². The Balaban J connectivity index is 1.32. The van der Waals surface area contributed by atoms with Crippen molar-refractivity contribution in [1.82, 2.24) is 29.8 Å². The lowest BCUT2D eigenvalue weighted by atomic mass is 9.77. The molecule has 2 heterocycles. The largest absolute Gasteiger partial charge is 0.461 e. The minimum atomic E-state index is -0.892. The number of aromatic nitrogens is 6. The van der Waals surface area contributed by atoms with Gasteiger partial charge in [0.05, 0.1) is 17.6 Å². The summed E-state index contributed by atoms with van der Waals surface area (Å²) in [6.07, 6.45) is 1.53. The van der Waals surface area contributed by atoms with E-state index in [0.29, 0.717) is 30.2 Å². The van der Waals surface area contributed by atoms with Crippen molar-refractivity contribution < 1.29 is 14.3 Å². The van der Waals surface area contributed by atoms with Crippen LogP contribution in [0.25, 0.3) is 22.5 Å². The average Bonchev–Trinajstić information content (AvgIpc) is 3.86. The predicted octanol–water partition coefficient (Wildman–Crippen LogP) is 9.56. The second kappa shape index (κ2) is 17.1. The Morgan fingerprint density at radius 1 is 0.750 bits per heavy atom. The second-order valence-corrected chi connectivity index (χ2v) is 15.1. The highest BCUT2D eigenvalue weighted by Crippen LogP contribution is 2.43. The van der Waals surface area contributed by atoms with Crippen molar-refractivity contribution in [3.05, 3.63) is 179 Å². The van der Waals surface area contributed by atoms with Gasteiger partial charge in [0.2, 0.25) is 0 Å². The van der Waals surface area contributed by atoms with Gasteiger partial charge in [0, 0.05) is 25.5 Å². The Morgan fingerprint density at radius 3 is 1.84 bits per heavy atom. The number of tetrazole rings is 1. The van der Waals surface area contributed by atoms with Crippen LogP contribution in [0.3, 0.4) is 0 Å². The van der Waals surface area contributed by atoms with Crippen LogP contribution in [0, 0.1) is 0 Å². The monoisotopic (exact) mass is 760 g/mol. The highest BCUT2D eigenvalue weighted by molar-refractivity contribution is 8.13. The Bertz CT molecular complexity index is 2310. The van der Waals surface area contributed by atoms with E-state index in [-0.39, 0.29) is 17.0 Å². The first-order valence-electron chi connectivity index (χ1n) is 18.9. The van der Waals surface area contributed by atoms with E-state index in [1.807, 2.05) is 82.9 Å². The van der Waals surface area contributed by atoms with E-state index < -0.39 is 11.5 Å². The maximum Gasteiger partial charge on any atom is 0.356 e. The molecule has 0 aliphatic carbocycles. The van der Waals surface area contributed by atoms with E-state index in [0.717, 1.165) is 63.0 Å². The lowest BCUT2D eigenvalue weighted by molar-refractivity contribution is -0.109. The summed E-state index contributed by atoms with van der Waals surface area (Å²) in [5.74, 6) is 0.976. The van der Waals surface area contributed by atoms with E-state index >= 15 is 0 Å². The normalized spacial score (nSPS) is 12.0. The quantitative estimate of drug-likeness (QED) is 0.0798. The number of thioether (sulfide) groups is 1. The summed E-state index contributed by atoms with van der Waals surface area (Å²) in [7, 11) is 0. The van der Waals surface area contributed by atoms with E-state index in [1.165, 1.54) is 6.92 Å². The van der Waals surface area contributed by atoms with E-state index in [2.05, 4.69) is 84.9 Å². The minimum absolute atomic E-state index is 0.0327. The fourth-order valence-electron chi connectivity index (χ4n) is 7.49. The Labute approximate surface area is 331 Å². The zero-order valence-electron chi connectivity index (χ0n) is 32.0. The highest BCUT2D eigenvalue weighted by Gasteiger charge is 2.42. The molecule has 5 aromatic carbocycles. The number of carbonyl (C=O) groups is 2. The number of hydrogen-bond donors (Lipinski definition) is 0. The molecular weight excluding hydrogens is 717 g/mol. The minimum Gasteiger partial charge on any atom is -0.461 e. The van der Waals surface area contributed by atoms with Crippen LogP contribution in [-0.4, -0.2) is 47.4 Å². The molecule has 1 atom stereocenters. The van der Waals surface area contributed by atoms with Crippen molar-refractivity contribution in [1.29, 1.82) is 0 Å². The van der Waals surface area contributed by atoms with Crippen molar-refractivity contribution in [2.24, 2.45) is 0 Å². The molecule has 0 spiro atoms. The molecule has 0 N–H and O–H groups in total. The van der Waals surface area contributed by atoms with Gasteiger partial charge in [-0.1, -0.05) is 158 Å². The fraction of sp³-hybridized carbons (Fsp3) is 0.217. The van der Waals surface area contributed by atoms with Gasteiger partial charge in [-0.05, 0) is 64.1 Å². The molecule has 282 valence electrons. The molecule has 0 saturated carbocycles. The lowest BCUT2D eigenvalue weighted by Crippen LogP contribution is -2.39. The molecule has 0 bridgehead atoms. The van der Waals surface area contributed by atoms with E-state index in [9.17, 15) is 9.59 Å². The molecular formula is C46H44N6O3S. The summed E-state index contributed by atoms with van der Waals surface area (Å²) in [6.45, 7) is 7.97. The third kappa shape index (κ3) is 7.44. The Morgan fingerprint density at radius 2 is 1.30 bits per heavy atom. The number of nitrogens with zero attached hydrogens (tertiary/aromatic N) is 6. The molecule has 0 aliphatic heterocycles. The Hall–Kier alpha value is -6.13. The zero-order chi connectivity index (χ0) is 39.1. The molecule has 2 aromatic heterocycles. The Kier molecular flexibility index (Phi) is 11.7. The van der Waals surface area contributed by atoms with Crippen molar-refractivity contribution >= 4 is 22.8 Å². The average molecular weight is 761 g/mol. The smallest absolute Gasteiger partial charge is 0.356 e. The van der Waals surface area contributed by atoms with Crippen molar-refractivity contribution in [2.75, 3.05) is 6.61 Å². The van der Waals surface area contributed by atoms with Gasteiger partial charge in [-0.25, -0.2) is 14.5 Å². The van der Waals surface area contributed by atoms with Gasteiger partial charge < -0.3 is 9.30 Å². The molecule has 7 rings (SSSR count). The molecule has 1 unspecified atom stereocenters. The van der Waals surface area contributed by atoms with Crippen LogP contribution < -0.4 is 0 Å². The van der Waals surface area contributed by atoms with Crippen LogP contribution in [0.4, 0.5) is 0 Å². The molecule has 56 heavy (non-hydrogen) atoms. The van der Waals surface area contributed by atoms with Crippen LogP contribution in [0.1, 0.15) is 83.6 Å². The third-order valence-electron chi connectivity index (χ3n) is 9.88. The van der Waals surface area contributed by atoms with E-state index in [1.54, 1.807) is 6.92 Å². The number of ether oxygens (including phenoxy) is 1. The van der Waals surface area contributed by atoms with E-state index in [4.69, 9.17) is 20.0 Å². The third-order valence-corrected chi connectivity index (χ3v) is 10.8. The van der Waals surface area contributed by atoms with Gasteiger partial charge in [0.1, 0.15) is 11.4 Å². The number of carbonyl (C=O) groups excluding carboxylic acids is 2. The van der Waals surface area contributed by atoms with Gasteiger partial charge in [-0.15, -0.1) is 5.10 Å². The standard InChI is InChI=1S/C46H44N6O3S/c1-5-18-41-47-42(32(3)56-33(4)53)43(45(54)55-6-2)51(41)31-34-27-29-35(30-28-34)39-25-16-17-26-40(39)44-48-49-50-52(44)46(36-19-10-7-11-20-36,37-21-12-8-13-22-37)38-23-14-9-15-24-38/h7-17,19-30,32H,5-6,18,31H2,1-4H3. The summed E-state index contributed by atoms with van der Waals surface area (Å²) >= 11 is 1.16. The predicted molar refractivity (Wildman–Crippen MR) is 221 cm³/mol. The SMILES string of the molecule is CCCc1nc(C(C)SC(C)=O)c(C(=O)OCC)n1Cc1ccc(-c2ccccc2-c2nnnn2C(c2ccccc2)(c2ccccc2)c2ccccc2)cc1. The van der Waals surface area contributed by atoms with Gasteiger partial charge in [-0.3, -0.25) is 4.79 Å².